The van der Waals surface area contributed by atoms with Crippen molar-refractivity contribution in [2.75, 3.05) is 6.61 Å². The number of rotatable bonds is 3. The molecule has 0 radical (unpaired) electrons. The summed E-state index contributed by atoms with van der Waals surface area (Å²) in [6, 6.07) is 1.22. The normalized spacial score (nSPS) is 15.7. The summed E-state index contributed by atoms with van der Waals surface area (Å²) >= 11 is 0. The third kappa shape index (κ3) is 2.21. The number of fused-ring (bicyclic) bond motifs is 1. The molecule has 0 amide bonds. The van der Waals surface area contributed by atoms with Crippen LogP contribution in [0, 0.1) is 0 Å². The molecule has 8 nitrogen and oxygen atoms in total. The quantitative estimate of drug-likeness (QED) is 0.549. The highest BCUT2D eigenvalue weighted by Gasteiger charge is 2.16. The van der Waals surface area contributed by atoms with Gasteiger partial charge in [-0.3, -0.25) is 14.5 Å². The van der Waals surface area contributed by atoms with E-state index in [1.54, 1.807) is 0 Å². The van der Waals surface area contributed by atoms with Gasteiger partial charge in [0.15, 0.2) is 5.88 Å². The minimum absolute atomic E-state index is 0.0248. The van der Waals surface area contributed by atoms with Gasteiger partial charge in [-0.25, -0.2) is 4.99 Å². The summed E-state index contributed by atoms with van der Waals surface area (Å²) in [4.78, 5) is 16.0. The zero-order valence-electron chi connectivity index (χ0n) is 10.8. The van der Waals surface area contributed by atoms with E-state index in [0.717, 1.165) is 4.57 Å². The summed E-state index contributed by atoms with van der Waals surface area (Å²) in [5.41, 5.74) is 0.167. The number of Topliss-reactive ketones (excluding diaryl/α,β-unsaturated/α-hetero) is 1. The van der Waals surface area contributed by atoms with Crippen LogP contribution in [0.5, 0.6) is 11.8 Å². The number of aromatic hydroxyl groups is 2. The van der Waals surface area contributed by atoms with Gasteiger partial charge in [0, 0.05) is 11.3 Å². The second-order valence-corrected chi connectivity index (χ2v) is 4.48. The predicted molar refractivity (Wildman–Crippen MR) is 73.7 cm³/mol. The molecule has 1 aliphatic carbocycles. The fourth-order valence-electron chi connectivity index (χ4n) is 2.09. The van der Waals surface area contributed by atoms with Gasteiger partial charge in [0.2, 0.25) is 11.7 Å². The van der Waals surface area contributed by atoms with Crippen molar-refractivity contribution < 1.29 is 20.1 Å². The number of carbonyl (C=O) groups excluding carboxylic acids is 1. The van der Waals surface area contributed by atoms with E-state index < -0.39 is 0 Å². The minimum Gasteiger partial charge on any atom is -0.494 e. The highest BCUT2D eigenvalue weighted by atomic mass is 16.3. The Balaban J connectivity index is 2.07. The standard InChI is InChI=1S/C13H12N4O4/c18-2-1-17-12(20)5-10(13(17)21)15-9-4-8-7(3-11(9)19)6-14-16-8/h3-6,16,18,20-21H,1-2H2. The van der Waals surface area contributed by atoms with Crippen LogP contribution in [0.25, 0.3) is 12.2 Å². The number of aliphatic hydroxyl groups excluding tert-OH is 1. The molecule has 4 N–H and O–H groups in total. The number of hydrogen-bond acceptors (Lipinski definition) is 6. The smallest absolute Gasteiger partial charge is 0.220 e. The number of nitrogens with zero attached hydrogens (tertiary/aromatic N) is 3. The molecule has 0 spiro atoms. The van der Waals surface area contributed by atoms with Crippen molar-refractivity contribution in [3.8, 4) is 11.8 Å². The van der Waals surface area contributed by atoms with Gasteiger partial charge in [0.05, 0.1) is 24.7 Å². The van der Waals surface area contributed by atoms with Crippen molar-refractivity contribution in [2.45, 2.75) is 6.54 Å². The van der Waals surface area contributed by atoms with Crippen LogP contribution >= 0.6 is 0 Å². The first kappa shape index (κ1) is 13.1. The molecular formula is C13H12N4O4. The molecule has 0 aromatic carbocycles. The third-order valence-electron chi connectivity index (χ3n) is 3.11. The van der Waals surface area contributed by atoms with E-state index in [9.17, 15) is 15.0 Å². The first-order chi connectivity index (χ1) is 10.1. The van der Waals surface area contributed by atoms with Crippen LogP contribution in [0.3, 0.4) is 0 Å². The summed E-state index contributed by atoms with van der Waals surface area (Å²) in [6.07, 6.45) is 4.44. The first-order valence-electron chi connectivity index (χ1n) is 6.18. The number of carbonyl (C=O) groups is 1. The molecule has 1 aliphatic rings. The van der Waals surface area contributed by atoms with Crippen molar-refractivity contribution in [1.82, 2.24) is 14.8 Å². The Morgan fingerprint density at radius 1 is 1.33 bits per heavy atom. The molecule has 0 saturated heterocycles. The van der Waals surface area contributed by atoms with Gasteiger partial charge < -0.3 is 15.3 Å². The Kier molecular flexibility index (Phi) is 3.07. The number of aliphatic hydroxyl groups is 1. The van der Waals surface area contributed by atoms with E-state index in [1.165, 1.54) is 24.4 Å². The van der Waals surface area contributed by atoms with Crippen LogP contribution in [0.15, 0.2) is 17.3 Å². The molecule has 2 aromatic heterocycles. The van der Waals surface area contributed by atoms with E-state index in [4.69, 9.17) is 5.11 Å². The van der Waals surface area contributed by atoms with E-state index in [0.29, 0.717) is 10.6 Å². The Morgan fingerprint density at radius 3 is 2.90 bits per heavy atom. The maximum atomic E-state index is 11.9. The van der Waals surface area contributed by atoms with Gasteiger partial charge in [-0.2, -0.15) is 5.10 Å². The van der Waals surface area contributed by atoms with E-state index in [-0.39, 0.29) is 42.1 Å². The number of aromatic nitrogens is 3. The van der Waals surface area contributed by atoms with Crippen LogP contribution in [0.4, 0.5) is 5.69 Å². The van der Waals surface area contributed by atoms with Gasteiger partial charge >= 0.3 is 0 Å². The van der Waals surface area contributed by atoms with Crippen LogP contribution in [-0.4, -0.2) is 48.2 Å². The average molecular weight is 288 g/mol. The fourth-order valence-corrected chi connectivity index (χ4v) is 2.09. The highest BCUT2D eigenvalue weighted by molar-refractivity contribution is 6.60. The van der Waals surface area contributed by atoms with Crippen molar-refractivity contribution in [2.24, 2.45) is 4.99 Å². The Morgan fingerprint density at radius 2 is 2.14 bits per heavy atom. The highest BCUT2D eigenvalue weighted by Crippen LogP contribution is 2.34. The van der Waals surface area contributed by atoms with Crippen molar-refractivity contribution >= 4 is 29.3 Å². The molecule has 0 saturated carbocycles. The molecular weight excluding hydrogens is 276 g/mol. The molecule has 0 fully saturated rings. The van der Waals surface area contributed by atoms with Gasteiger partial charge in [-0.1, -0.05) is 0 Å². The molecule has 21 heavy (non-hydrogen) atoms. The molecule has 0 unspecified atom stereocenters. The van der Waals surface area contributed by atoms with E-state index >= 15 is 0 Å². The molecule has 2 heterocycles. The first-order valence-corrected chi connectivity index (χ1v) is 6.18. The molecule has 8 heteroatoms. The SMILES string of the molecule is O=C1C=c2cn[nH]c2=CC1=Nc1cc(O)n(CCO)c1O. The third-order valence-corrected chi connectivity index (χ3v) is 3.11. The molecule has 108 valence electrons. The summed E-state index contributed by atoms with van der Waals surface area (Å²) < 4.78 is 1.10. The predicted octanol–water partition coefficient (Wildman–Crippen LogP) is -1.47. The zero-order valence-corrected chi connectivity index (χ0v) is 10.8. The van der Waals surface area contributed by atoms with Crippen LogP contribution in [0.2, 0.25) is 0 Å². The summed E-state index contributed by atoms with van der Waals surface area (Å²) in [5.74, 6) is -0.876. The number of aliphatic imine (C=N–C) groups is 1. The minimum atomic E-state index is -0.322. The lowest BCUT2D eigenvalue weighted by Gasteiger charge is -2.03. The number of nitrogens with one attached hydrogen (secondary N) is 1. The summed E-state index contributed by atoms with van der Waals surface area (Å²) in [7, 11) is 0. The Bertz CT molecular complexity index is 859. The second kappa shape index (κ2) is 4.91. The molecule has 3 rings (SSSR count). The Hall–Kier alpha value is -2.87. The molecule has 0 bridgehead atoms. The molecule has 0 aliphatic heterocycles. The summed E-state index contributed by atoms with van der Waals surface area (Å²) in [6.45, 7) is -0.223. The average Bonchev–Trinajstić information content (AvgIpc) is 2.99. The number of ketones is 1. The number of hydrogen-bond donors (Lipinski definition) is 4. The fraction of sp³-hybridized carbons (Fsp3) is 0.154. The monoisotopic (exact) mass is 288 g/mol. The van der Waals surface area contributed by atoms with Gasteiger partial charge in [-0.05, 0) is 12.2 Å². The van der Waals surface area contributed by atoms with E-state index in [2.05, 4.69) is 15.2 Å². The number of aromatic amines is 1. The zero-order chi connectivity index (χ0) is 15.0. The van der Waals surface area contributed by atoms with Crippen molar-refractivity contribution in [3.63, 3.8) is 0 Å². The maximum Gasteiger partial charge on any atom is 0.220 e. The lowest BCUT2D eigenvalue weighted by atomic mass is 10.1. The Labute approximate surface area is 118 Å². The van der Waals surface area contributed by atoms with Crippen LogP contribution in [0.1, 0.15) is 0 Å². The molecule has 2 aromatic rings. The summed E-state index contributed by atoms with van der Waals surface area (Å²) in [5, 5.41) is 36.3. The van der Waals surface area contributed by atoms with Crippen LogP contribution < -0.4 is 10.6 Å². The lowest BCUT2D eigenvalue weighted by Crippen LogP contribution is -2.31. The van der Waals surface area contributed by atoms with Crippen molar-refractivity contribution in [3.05, 3.63) is 22.8 Å². The number of H-pyrrole nitrogens is 1. The van der Waals surface area contributed by atoms with Gasteiger partial charge in [-0.15, -0.1) is 0 Å². The van der Waals surface area contributed by atoms with Crippen molar-refractivity contribution in [1.29, 1.82) is 0 Å². The largest absolute Gasteiger partial charge is 0.494 e. The van der Waals surface area contributed by atoms with Crippen LogP contribution in [-0.2, 0) is 11.3 Å². The van der Waals surface area contributed by atoms with Gasteiger partial charge in [0.25, 0.3) is 0 Å². The molecule has 0 atom stereocenters. The lowest BCUT2D eigenvalue weighted by molar-refractivity contribution is -0.107. The van der Waals surface area contributed by atoms with E-state index in [1.807, 2.05) is 0 Å². The maximum absolute atomic E-state index is 11.9. The van der Waals surface area contributed by atoms with Gasteiger partial charge in [0.1, 0.15) is 11.4 Å². The topological polar surface area (TPSA) is 124 Å². The second-order valence-electron chi connectivity index (χ2n) is 4.48.